The zero-order valence-corrected chi connectivity index (χ0v) is 11.2. The van der Waals surface area contributed by atoms with Crippen LogP contribution in [-0.4, -0.2) is 13.1 Å². The van der Waals surface area contributed by atoms with Gasteiger partial charge in [0.25, 0.3) is 0 Å². The van der Waals surface area contributed by atoms with Crippen molar-refractivity contribution < 1.29 is 9.53 Å². The van der Waals surface area contributed by atoms with Crippen LogP contribution in [-0.2, 0) is 9.53 Å². The van der Waals surface area contributed by atoms with Crippen LogP contribution < -0.4 is 0 Å². The Morgan fingerprint density at radius 1 is 1.53 bits per heavy atom. The molecule has 96 valence electrons. The minimum absolute atomic E-state index is 0.416. The minimum Gasteiger partial charge on any atom is -0.466 e. The highest BCUT2D eigenvalue weighted by Crippen LogP contribution is 2.48. The van der Waals surface area contributed by atoms with Crippen molar-refractivity contribution in [3.63, 3.8) is 0 Å². The number of allylic oxidation sites excluding steroid dienone is 1. The van der Waals surface area contributed by atoms with Crippen molar-refractivity contribution in [2.75, 3.05) is 7.11 Å². The van der Waals surface area contributed by atoms with Crippen molar-refractivity contribution in [2.45, 2.75) is 18.8 Å². The number of carbonyl (C=O) groups excluding carboxylic acids is 1. The summed E-state index contributed by atoms with van der Waals surface area (Å²) >= 11 is 1.44. The van der Waals surface area contributed by atoms with Crippen LogP contribution in [0.15, 0.2) is 29.2 Å². The molecule has 0 fully saturated rings. The fourth-order valence-corrected chi connectivity index (χ4v) is 3.36. The van der Waals surface area contributed by atoms with Gasteiger partial charge in [-0.2, -0.15) is 10.5 Å². The van der Waals surface area contributed by atoms with E-state index in [1.807, 2.05) is 17.5 Å². The van der Waals surface area contributed by atoms with Crippen molar-refractivity contribution in [1.29, 1.82) is 10.5 Å². The van der Waals surface area contributed by atoms with Gasteiger partial charge in [-0.15, -0.1) is 11.3 Å². The molecule has 0 aliphatic heterocycles. The molecular weight excluding hydrogens is 260 g/mol. The summed E-state index contributed by atoms with van der Waals surface area (Å²) in [5, 5.41) is 20.7. The highest BCUT2D eigenvalue weighted by atomic mass is 32.1. The Labute approximate surface area is 115 Å². The first-order valence-corrected chi connectivity index (χ1v) is 6.71. The summed E-state index contributed by atoms with van der Waals surface area (Å²) in [4.78, 5) is 12.7. The maximum absolute atomic E-state index is 11.9. The predicted molar refractivity (Wildman–Crippen MR) is 70.1 cm³/mol. The molecule has 4 nitrogen and oxygen atoms in total. The maximum Gasteiger partial charge on any atom is 0.334 e. The average molecular weight is 272 g/mol. The van der Waals surface area contributed by atoms with Gasteiger partial charge in [0.05, 0.1) is 25.2 Å². The molecule has 0 unspecified atom stereocenters. The van der Waals surface area contributed by atoms with Crippen LogP contribution in [0.3, 0.4) is 0 Å². The highest BCUT2D eigenvalue weighted by Gasteiger charge is 2.47. The molecule has 1 aliphatic carbocycles. The number of rotatable bonds is 2. The SMILES string of the molecule is COC(=O)C1=CCCC(C#N)(C#N)[C@H]1c1cccs1. The molecule has 1 atom stereocenters. The summed E-state index contributed by atoms with van der Waals surface area (Å²) < 4.78 is 4.78. The molecule has 19 heavy (non-hydrogen) atoms. The van der Waals surface area contributed by atoms with Crippen LogP contribution in [0.1, 0.15) is 23.6 Å². The van der Waals surface area contributed by atoms with E-state index in [9.17, 15) is 15.3 Å². The van der Waals surface area contributed by atoms with Crippen molar-refractivity contribution in [3.05, 3.63) is 34.0 Å². The second-order valence-electron chi connectivity index (χ2n) is 4.33. The van der Waals surface area contributed by atoms with E-state index in [4.69, 9.17) is 4.74 Å². The second-order valence-corrected chi connectivity index (χ2v) is 5.31. The molecule has 1 aliphatic rings. The van der Waals surface area contributed by atoms with Crippen LogP contribution in [0, 0.1) is 28.1 Å². The third-order valence-electron chi connectivity index (χ3n) is 3.35. The molecule has 1 aromatic rings. The lowest BCUT2D eigenvalue weighted by Gasteiger charge is -2.32. The normalized spacial score (nSPS) is 20.8. The van der Waals surface area contributed by atoms with Gasteiger partial charge in [-0.3, -0.25) is 0 Å². The smallest absolute Gasteiger partial charge is 0.334 e. The molecule has 0 amide bonds. The van der Waals surface area contributed by atoms with Crippen LogP contribution in [0.5, 0.6) is 0 Å². The molecule has 0 N–H and O–H groups in total. The highest BCUT2D eigenvalue weighted by molar-refractivity contribution is 7.10. The lowest BCUT2D eigenvalue weighted by atomic mass is 9.67. The maximum atomic E-state index is 11.9. The summed E-state index contributed by atoms with van der Waals surface area (Å²) in [6, 6.07) is 7.92. The van der Waals surface area contributed by atoms with Gasteiger partial charge >= 0.3 is 5.97 Å². The molecule has 0 radical (unpaired) electrons. The first-order valence-electron chi connectivity index (χ1n) is 5.83. The summed E-state index contributed by atoms with van der Waals surface area (Å²) in [6.45, 7) is 0. The van der Waals surface area contributed by atoms with Crippen LogP contribution in [0.2, 0.25) is 0 Å². The van der Waals surface area contributed by atoms with Crippen molar-refractivity contribution in [1.82, 2.24) is 0 Å². The summed E-state index contributed by atoms with van der Waals surface area (Å²) in [5.74, 6) is -0.989. The van der Waals surface area contributed by atoms with Gasteiger partial charge in [0.2, 0.25) is 0 Å². The Balaban J connectivity index is 2.57. The lowest BCUT2D eigenvalue weighted by Crippen LogP contribution is -2.32. The number of ether oxygens (including phenoxy) is 1. The van der Waals surface area contributed by atoms with E-state index in [-0.39, 0.29) is 0 Å². The van der Waals surface area contributed by atoms with Gasteiger partial charge in [0, 0.05) is 10.5 Å². The first kappa shape index (κ1) is 13.3. The number of methoxy groups -OCH3 is 1. The van der Waals surface area contributed by atoms with E-state index < -0.39 is 17.3 Å². The third kappa shape index (κ3) is 2.14. The molecule has 0 bridgehead atoms. The van der Waals surface area contributed by atoms with Gasteiger partial charge in [-0.25, -0.2) is 4.79 Å². The number of esters is 1. The van der Waals surface area contributed by atoms with Crippen molar-refractivity contribution in [3.8, 4) is 12.1 Å². The zero-order chi connectivity index (χ0) is 13.9. The topological polar surface area (TPSA) is 73.9 Å². The van der Waals surface area contributed by atoms with Crippen LogP contribution in [0.25, 0.3) is 0 Å². The Kier molecular flexibility index (Phi) is 3.69. The number of hydrogen-bond acceptors (Lipinski definition) is 5. The van der Waals surface area contributed by atoms with Crippen molar-refractivity contribution in [2.24, 2.45) is 5.41 Å². The monoisotopic (exact) mass is 272 g/mol. The fraction of sp³-hybridized carbons (Fsp3) is 0.357. The predicted octanol–water partition coefficient (Wildman–Crippen LogP) is 2.76. The second kappa shape index (κ2) is 5.26. The van der Waals surface area contributed by atoms with Gasteiger partial charge in [0.15, 0.2) is 5.41 Å². The molecular formula is C14H12N2O2S. The first-order chi connectivity index (χ1) is 9.18. The van der Waals surface area contributed by atoms with Gasteiger partial charge < -0.3 is 4.74 Å². The summed E-state index contributed by atoms with van der Waals surface area (Å²) in [7, 11) is 1.31. The molecule has 0 aromatic carbocycles. The van der Waals surface area contributed by atoms with E-state index >= 15 is 0 Å². The molecule has 1 heterocycles. The minimum atomic E-state index is -1.19. The van der Waals surface area contributed by atoms with Crippen molar-refractivity contribution >= 4 is 17.3 Å². The van der Waals surface area contributed by atoms with Gasteiger partial charge in [0.1, 0.15) is 0 Å². The van der Waals surface area contributed by atoms with E-state index in [0.717, 1.165) is 4.88 Å². The molecule has 2 rings (SSSR count). The lowest BCUT2D eigenvalue weighted by molar-refractivity contribution is -0.136. The number of hydrogen-bond donors (Lipinski definition) is 0. The van der Waals surface area contributed by atoms with E-state index in [1.165, 1.54) is 18.4 Å². The zero-order valence-electron chi connectivity index (χ0n) is 10.4. The molecule has 0 saturated heterocycles. The Bertz CT molecular complexity index is 576. The van der Waals surface area contributed by atoms with E-state index in [0.29, 0.717) is 18.4 Å². The number of thiophene rings is 1. The van der Waals surface area contributed by atoms with E-state index in [2.05, 4.69) is 12.1 Å². The standard InChI is InChI=1S/C14H12N2O2S/c1-18-13(17)10-4-2-6-14(8-15,9-16)12(10)11-5-3-7-19-11/h3-5,7,12H,2,6H2,1H3/t12-/m1/s1. The van der Waals surface area contributed by atoms with Crippen LogP contribution in [0.4, 0.5) is 0 Å². The largest absolute Gasteiger partial charge is 0.466 e. The summed E-state index contributed by atoms with van der Waals surface area (Å²) in [5.41, 5.74) is -0.775. The Morgan fingerprint density at radius 3 is 2.79 bits per heavy atom. The number of nitrogens with zero attached hydrogens (tertiary/aromatic N) is 2. The molecule has 0 saturated carbocycles. The van der Waals surface area contributed by atoms with Gasteiger partial charge in [-0.1, -0.05) is 12.1 Å². The number of nitriles is 2. The Morgan fingerprint density at radius 2 is 2.26 bits per heavy atom. The summed E-state index contributed by atoms with van der Waals surface area (Å²) in [6.07, 6.45) is 2.75. The van der Waals surface area contributed by atoms with Gasteiger partial charge in [-0.05, 0) is 24.3 Å². The average Bonchev–Trinajstić information content (AvgIpc) is 2.99. The fourth-order valence-electron chi connectivity index (χ4n) is 2.42. The van der Waals surface area contributed by atoms with Crippen LogP contribution >= 0.6 is 11.3 Å². The quantitative estimate of drug-likeness (QED) is 0.776. The van der Waals surface area contributed by atoms with E-state index in [1.54, 1.807) is 6.08 Å². The molecule has 1 aromatic heterocycles. The molecule has 5 heteroatoms. The number of carbonyl (C=O) groups is 1. The molecule has 0 spiro atoms. The third-order valence-corrected chi connectivity index (χ3v) is 4.29. The Hall–Kier alpha value is -2.11.